The van der Waals surface area contributed by atoms with Crippen LogP contribution in [-0.2, 0) is 0 Å². The van der Waals surface area contributed by atoms with Crippen LogP contribution in [0.25, 0.3) is 11.0 Å². The Morgan fingerprint density at radius 1 is 1.06 bits per heavy atom. The van der Waals surface area contributed by atoms with E-state index in [0.717, 1.165) is 0 Å². The number of benzene rings is 2. The second-order valence-electron chi connectivity index (χ2n) is 6.53. The predicted molar refractivity (Wildman–Crippen MR) is 127 cm³/mol. The number of rotatable bonds is 7. The van der Waals surface area contributed by atoms with Crippen LogP contribution < -0.4 is 10.6 Å². The van der Waals surface area contributed by atoms with Crippen molar-refractivity contribution in [2.24, 2.45) is 0 Å². The van der Waals surface area contributed by atoms with E-state index in [-0.39, 0.29) is 22.2 Å². The summed E-state index contributed by atoms with van der Waals surface area (Å²) in [7, 11) is 0. The summed E-state index contributed by atoms with van der Waals surface area (Å²) < 4.78 is 5.77. The second kappa shape index (κ2) is 9.67. The van der Waals surface area contributed by atoms with Crippen molar-refractivity contribution in [3.63, 3.8) is 0 Å². The molecular weight excluding hydrogens is 448 g/mol. The summed E-state index contributed by atoms with van der Waals surface area (Å²) in [6.07, 6.45) is 3.07. The van der Waals surface area contributed by atoms with Crippen molar-refractivity contribution in [2.45, 2.75) is 5.16 Å². The lowest BCUT2D eigenvalue weighted by molar-refractivity contribution is 0.0999. The first kappa shape index (κ1) is 21.6. The van der Waals surface area contributed by atoms with E-state index in [9.17, 15) is 9.59 Å². The molecule has 9 heteroatoms. The smallest absolute Gasteiger partial charge is 0.293 e. The molecule has 32 heavy (non-hydrogen) atoms. The Hall–Kier alpha value is -3.62. The van der Waals surface area contributed by atoms with Crippen molar-refractivity contribution in [2.75, 3.05) is 16.4 Å². The fourth-order valence-electron chi connectivity index (χ4n) is 2.92. The molecular formula is C23H17ClN4O3S. The Labute approximate surface area is 192 Å². The van der Waals surface area contributed by atoms with Crippen LogP contribution in [0.5, 0.6) is 0 Å². The topological polar surface area (TPSA) is 97.1 Å². The lowest BCUT2D eigenvalue weighted by Crippen LogP contribution is -2.18. The van der Waals surface area contributed by atoms with E-state index in [2.05, 4.69) is 27.2 Å². The van der Waals surface area contributed by atoms with Gasteiger partial charge in [-0.05, 0) is 24.3 Å². The highest BCUT2D eigenvalue weighted by molar-refractivity contribution is 7.99. The summed E-state index contributed by atoms with van der Waals surface area (Å²) in [4.78, 5) is 34.3. The third kappa shape index (κ3) is 4.66. The number of carbonyl (C=O) groups excluding carboxylic acids is 2. The fourth-order valence-corrected chi connectivity index (χ4v) is 3.65. The molecule has 0 spiro atoms. The van der Waals surface area contributed by atoms with Crippen molar-refractivity contribution in [1.82, 2.24) is 9.97 Å². The molecule has 0 aliphatic heterocycles. The van der Waals surface area contributed by atoms with E-state index in [0.29, 0.717) is 27.6 Å². The molecule has 160 valence electrons. The summed E-state index contributed by atoms with van der Waals surface area (Å²) >= 11 is 7.49. The third-order valence-corrected chi connectivity index (χ3v) is 5.47. The van der Waals surface area contributed by atoms with Crippen molar-refractivity contribution in [1.29, 1.82) is 0 Å². The molecule has 2 aromatic carbocycles. The van der Waals surface area contributed by atoms with Crippen LogP contribution in [0.1, 0.15) is 21.0 Å². The Morgan fingerprint density at radius 3 is 2.59 bits per heavy atom. The van der Waals surface area contributed by atoms with Gasteiger partial charge in [0.1, 0.15) is 11.3 Å². The van der Waals surface area contributed by atoms with Crippen molar-refractivity contribution in [3.05, 3.63) is 89.9 Å². The molecule has 2 amide bonds. The number of thioether (sulfide) groups is 1. The maximum atomic E-state index is 13.0. The number of nitrogens with zero attached hydrogens (tertiary/aromatic N) is 2. The zero-order chi connectivity index (χ0) is 22.5. The average molecular weight is 465 g/mol. The predicted octanol–water partition coefficient (Wildman–Crippen LogP) is 5.66. The summed E-state index contributed by atoms with van der Waals surface area (Å²) in [6, 6.07) is 16.0. The zero-order valence-electron chi connectivity index (χ0n) is 16.7. The van der Waals surface area contributed by atoms with Crippen molar-refractivity contribution < 1.29 is 14.0 Å². The largest absolute Gasteiger partial charge is 0.449 e. The minimum atomic E-state index is -0.585. The van der Waals surface area contributed by atoms with Crippen molar-refractivity contribution in [3.8, 4) is 0 Å². The number of hydrogen-bond donors (Lipinski definition) is 2. The Morgan fingerprint density at radius 2 is 1.81 bits per heavy atom. The molecule has 4 aromatic rings. The van der Waals surface area contributed by atoms with Crippen LogP contribution in [0, 0.1) is 0 Å². The summed E-state index contributed by atoms with van der Waals surface area (Å²) in [6.45, 7) is 3.66. The number of hydrogen-bond acceptors (Lipinski definition) is 6. The van der Waals surface area contributed by atoms with Gasteiger partial charge in [0.15, 0.2) is 10.9 Å². The Balaban J connectivity index is 1.68. The number of para-hydroxylation sites is 2. The van der Waals surface area contributed by atoms with Crippen molar-refractivity contribution >= 4 is 57.5 Å². The number of carbonyl (C=O) groups is 2. The Kier molecular flexibility index (Phi) is 6.53. The van der Waals surface area contributed by atoms with Gasteiger partial charge in [-0.3, -0.25) is 9.59 Å². The molecule has 4 rings (SSSR count). The number of fused-ring (bicyclic) bond motifs is 1. The highest BCUT2D eigenvalue weighted by Gasteiger charge is 2.24. The highest BCUT2D eigenvalue weighted by atomic mass is 35.5. The van der Waals surface area contributed by atoms with Gasteiger partial charge in [-0.25, -0.2) is 9.97 Å². The van der Waals surface area contributed by atoms with Gasteiger partial charge in [0, 0.05) is 16.8 Å². The summed E-state index contributed by atoms with van der Waals surface area (Å²) in [5, 5.41) is 6.56. The van der Waals surface area contributed by atoms with Crippen LogP contribution in [0.4, 0.5) is 11.4 Å². The van der Waals surface area contributed by atoms with Crippen LogP contribution in [0.15, 0.2) is 83.0 Å². The van der Waals surface area contributed by atoms with Gasteiger partial charge in [-0.15, -0.1) is 6.58 Å². The summed E-state index contributed by atoms with van der Waals surface area (Å²) in [5.74, 6) is -0.537. The number of halogens is 1. The van der Waals surface area contributed by atoms with E-state index in [1.165, 1.54) is 18.0 Å². The molecule has 0 bridgehead atoms. The second-order valence-corrected chi connectivity index (χ2v) is 7.92. The maximum absolute atomic E-state index is 13.0. The third-order valence-electron chi connectivity index (χ3n) is 4.34. The van der Waals surface area contributed by atoms with Gasteiger partial charge < -0.3 is 15.1 Å². The first-order valence-corrected chi connectivity index (χ1v) is 10.9. The van der Waals surface area contributed by atoms with Gasteiger partial charge in [-0.1, -0.05) is 59.8 Å². The molecule has 7 nitrogen and oxygen atoms in total. The molecule has 0 saturated heterocycles. The monoisotopic (exact) mass is 464 g/mol. The van der Waals surface area contributed by atoms with Gasteiger partial charge in [-0.2, -0.15) is 0 Å². The molecule has 0 unspecified atom stereocenters. The van der Waals surface area contributed by atoms with E-state index in [4.69, 9.17) is 16.0 Å². The average Bonchev–Trinajstić information content (AvgIpc) is 3.17. The number of furan rings is 1. The lowest BCUT2D eigenvalue weighted by Gasteiger charge is -2.08. The van der Waals surface area contributed by atoms with Gasteiger partial charge in [0.05, 0.1) is 11.2 Å². The molecule has 0 saturated carbocycles. The van der Waals surface area contributed by atoms with Crippen LogP contribution in [-0.4, -0.2) is 27.5 Å². The lowest BCUT2D eigenvalue weighted by atomic mass is 10.2. The SMILES string of the molecule is C=CCSc1ncc(Cl)c(C(=O)Nc2c(C(=O)Nc3ccccc3)oc3ccccc23)n1. The number of aromatic nitrogens is 2. The fraction of sp³-hybridized carbons (Fsp3) is 0.0435. The van der Waals surface area contributed by atoms with E-state index < -0.39 is 11.8 Å². The van der Waals surface area contributed by atoms with Crippen LogP contribution in [0.3, 0.4) is 0 Å². The van der Waals surface area contributed by atoms with Gasteiger partial charge >= 0.3 is 0 Å². The van der Waals surface area contributed by atoms with E-state index >= 15 is 0 Å². The van der Waals surface area contributed by atoms with E-state index in [1.54, 1.807) is 54.6 Å². The standard InChI is InChI=1S/C23H17ClN4O3S/c1-2-12-32-23-25-13-16(24)19(28-23)21(29)27-18-15-10-6-7-11-17(15)31-20(18)22(30)26-14-8-4-3-5-9-14/h2-11,13H,1,12H2,(H,26,30)(H,27,29). The normalized spacial score (nSPS) is 10.7. The minimum absolute atomic E-state index is 0.00655. The van der Waals surface area contributed by atoms with Crippen LogP contribution in [0.2, 0.25) is 5.02 Å². The molecule has 0 fully saturated rings. The van der Waals surface area contributed by atoms with E-state index in [1.807, 2.05) is 6.07 Å². The number of anilines is 2. The first-order valence-electron chi connectivity index (χ1n) is 9.52. The molecule has 0 atom stereocenters. The molecule has 0 aliphatic rings. The zero-order valence-corrected chi connectivity index (χ0v) is 18.2. The quantitative estimate of drug-likeness (QED) is 0.208. The molecule has 2 aromatic heterocycles. The summed E-state index contributed by atoms with van der Waals surface area (Å²) in [5.41, 5.74) is 1.27. The maximum Gasteiger partial charge on any atom is 0.293 e. The van der Waals surface area contributed by atoms with Gasteiger partial charge in [0.25, 0.3) is 11.8 Å². The van der Waals surface area contributed by atoms with Gasteiger partial charge in [0.2, 0.25) is 5.76 Å². The minimum Gasteiger partial charge on any atom is -0.449 e. The molecule has 0 radical (unpaired) electrons. The number of nitrogens with one attached hydrogen (secondary N) is 2. The molecule has 2 heterocycles. The molecule has 0 aliphatic carbocycles. The molecule has 2 N–H and O–H groups in total. The van der Waals surface area contributed by atoms with Crippen LogP contribution >= 0.6 is 23.4 Å². The highest BCUT2D eigenvalue weighted by Crippen LogP contribution is 2.32. The Bertz CT molecular complexity index is 1310. The first-order chi connectivity index (χ1) is 15.6. The number of amides is 2.